The summed E-state index contributed by atoms with van der Waals surface area (Å²) in [5.41, 5.74) is 0. The SMILES string of the molecule is O=C(NCc1cc(Br)cs1)c1cc2sccc2s1. The summed E-state index contributed by atoms with van der Waals surface area (Å²) in [6, 6.07) is 6.04. The molecule has 0 saturated heterocycles. The average molecular weight is 358 g/mol. The zero-order chi connectivity index (χ0) is 12.5. The second kappa shape index (κ2) is 5.13. The van der Waals surface area contributed by atoms with Crippen LogP contribution in [0.15, 0.2) is 33.4 Å². The van der Waals surface area contributed by atoms with E-state index >= 15 is 0 Å². The standard InChI is InChI=1S/C12H8BrNOS3/c13-7-3-8(17-6-7)5-14-12(15)11-4-10-9(18-11)1-2-16-10/h1-4,6H,5H2,(H,14,15). The Morgan fingerprint density at radius 3 is 2.89 bits per heavy atom. The molecular weight excluding hydrogens is 350 g/mol. The molecule has 1 N–H and O–H groups in total. The van der Waals surface area contributed by atoms with Gasteiger partial charge >= 0.3 is 0 Å². The molecule has 3 aromatic rings. The summed E-state index contributed by atoms with van der Waals surface area (Å²) in [6.07, 6.45) is 0. The molecule has 0 fully saturated rings. The fraction of sp³-hybridized carbons (Fsp3) is 0.0833. The molecule has 2 nitrogen and oxygen atoms in total. The van der Waals surface area contributed by atoms with Crippen LogP contribution >= 0.6 is 49.9 Å². The van der Waals surface area contributed by atoms with Crippen molar-refractivity contribution in [3.05, 3.63) is 43.2 Å². The van der Waals surface area contributed by atoms with Gasteiger partial charge in [0.2, 0.25) is 0 Å². The molecule has 0 aliphatic carbocycles. The number of halogens is 1. The number of carbonyl (C=O) groups excluding carboxylic acids is 1. The van der Waals surface area contributed by atoms with E-state index in [9.17, 15) is 4.79 Å². The number of rotatable bonds is 3. The molecule has 0 bridgehead atoms. The highest BCUT2D eigenvalue weighted by atomic mass is 79.9. The molecule has 0 radical (unpaired) electrons. The molecule has 0 unspecified atom stereocenters. The maximum Gasteiger partial charge on any atom is 0.261 e. The number of thiophene rings is 3. The van der Waals surface area contributed by atoms with Gasteiger partial charge in [-0.15, -0.1) is 34.0 Å². The van der Waals surface area contributed by atoms with Gasteiger partial charge in [0, 0.05) is 24.1 Å². The summed E-state index contributed by atoms with van der Waals surface area (Å²) >= 11 is 8.26. The topological polar surface area (TPSA) is 29.1 Å². The largest absolute Gasteiger partial charge is 0.346 e. The van der Waals surface area contributed by atoms with Gasteiger partial charge in [0.15, 0.2) is 0 Å². The molecule has 18 heavy (non-hydrogen) atoms. The minimum absolute atomic E-state index is 0.00734. The van der Waals surface area contributed by atoms with E-state index in [-0.39, 0.29) is 5.91 Å². The van der Waals surface area contributed by atoms with E-state index in [2.05, 4.69) is 27.3 Å². The van der Waals surface area contributed by atoms with Crippen molar-refractivity contribution in [2.75, 3.05) is 0 Å². The van der Waals surface area contributed by atoms with E-state index in [4.69, 9.17) is 0 Å². The Kier molecular flexibility index (Phi) is 3.52. The lowest BCUT2D eigenvalue weighted by Gasteiger charge is -2.00. The van der Waals surface area contributed by atoms with Crippen LogP contribution in [0, 0.1) is 0 Å². The van der Waals surface area contributed by atoms with E-state index in [0.29, 0.717) is 6.54 Å². The number of nitrogens with one attached hydrogen (secondary N) is 1. The van der Waals surface area contributed by atoms with Crippen molar-refractivity contribution in [2.45, 2.75) is 6.54 Å². The highest BCUT2D eigenvalue weighted by Gasteiger charge is 2.10. The molecule has 0 aromatic carbocycles. The van der Waals surface area contributed by atoms with E-state index < -0.39 is 0 Å². The lowest BCUT2D eigenvalue weighted by molar-refractivity contribution is 0.0955. The Hall–Kier alpha value is -0.690. The van der Waals surface area contributed by atoms with E-state index in [1.807, 2.05) is 22.9 Å². The second-order valence-corrected chi connectivity index (χ2v) is 7.62. The fourth-order valence-corrected chi connectivity index (χ4v) is 4.99. The first-order valence-corrected chi connectivity index (χ1v) is 8.57. The first-order valence-electron chi connectivity index (χ1n) is 5.20. The quantitative estimate of drug-likeness (QED) is 0.721. The predicted molar refractivity (Wildman–Crippen MR) is 82.9 cm³/mol. The molecule has 0 saturated carbocycles. The summed E-state index contributed by atoms with van der Waals surface area (Å²) in [5.74, 6) is 0.00734. The Balaban J connectivity index is 1.69. The van der Waals surface area contributed by atoms with Crippen molar-refractivity contribution < 1.29 is 4.79 Å². The Morgan fingerprint density at radius 2 is 2.17 bits per heavy atom. The molecule has 0 aliphatic rings. The normalized spacial score (nSPS) is 10.9. The predicted octanol–water partition coefficient (Wildman–Crippen LogP) is 4.72. The minimum Gasteiger partial charge on any atom is -0.346 e. The van der Waals surface area contributed by atoms with Gasteiger partial charge in [-0.05, 0) is 39.5 Å². The lowest BCUT2D eigenvalue weighted by atomic mass is 10.4. The van der Waals surface area contributed by atoms with Crippen LogP contribution in [-0.4, -0.2) is 5.91 Å². The van der Waals surface area contributed by atoms with E-state index in [0.717, 1.165) is 14.2 Å². The van der Waals surface area contributed by atoms with Crippen molar-refractivity contribution in [1.82, 2.24) is 5.32 Å². The molecule has 0 spiro atoms. The first kappa shape index (κ1) is 12.3. The van der Waals surface area contributed by atoms with Crippen LogP contribution in [0.25, 0.3) is 9.40 Å². The number of hydrogen-bond acceptors (Lipinski definition) is 4. The monoisotopic (exact) mass is 357 g/mol. The van der Waals surface area contributed by atoms with Crippen LogP contribution in [0.3, 0.4) is 0 Å². The summed E-state index contributed by atoms with van der Waals surface area (Å²) in [4.78, 5) is 13.9. The van der Waals surface area contributed by atoms with Crippen LogP contribution in [0.2, 0.25) is 0 Å². The minimum atomic E-state index is 0.00734. The van der Waals surface area contributed by atoms with Crippen LogP contribution < -0.4 is 5.32 Å². The Morgan fingerprint density at radius 1 is 1.28 bits per heavy atom. The molecular formula is C12H8BrNOS3. The van der Waals surface area contributed by atoms with Gasteiger partial charge in [-0.3, -0.25) is 4.79 Å². The third-order valence-electron chi connectivity index (χ3n) is 2.41. The van der Waals surface area contributed by atoms with Crippen LogP contribution in [0.1, 0.15) is 14.5 Å². The maximum atomic E-state index is 12.0. The van der Waals surface area contributed by atoms with Gasteiger partial charge in [0.25, 0.3) is 5.91 Å². The molecule has 92 valence electrons. The van der Waals surface area contributed by atoms with Crippen LogP contribution in [0.5, 0.6) is 0 Å². The first-order chi connectivity index (χ1) is 8.72. The molecule has 3 aromatic heterocycles. The molecule has 0 aliphatic heterocycles. The van der Waals surface area contributed by atoms with Crippen molar-refractivity contribution in [3.8, 4) is 0 Å². The maximum absolute atomic E-state index is 12.0. The summed E-state index contributed by atoms with van der Waals surface area (Å²) < 4.78 is 3.43. The van der Waals surface area contributed by atoms with Gasteiger partial charge in [-0.1, -0.05) is 0 Å². The summed E-state index contributed by atoms with van der Waals surface area (Å²) in [7, 11) is 0. The van der Waals surface area contributed by atoms with Gasteiger partial charge in [-0.2, -0.15) is 0 Å². The number of fused-ring (bicyclic) bond motifs is 1. The highest BCUT2D eigenvalue weighted by molar-refractivity contribution is 9.10. The van der Waals surface area contributed by atoms with Crippen LogP contribution in [-0.2, 0) is 6.54 Å². The van der Waals surface area contributed by atoms with Gasteiger partial charge in [-0.25, -0.2) is 0 Å². The summed E-state index contributed by atoms with van der Waals surface area (Å²) in [5, 5.41) is 7.01. The highest BCUT2D eigenvalue weighted by Crippen LogP contribution is 2.30. The van der Waals surface area contributed by atoms with Crippen molar-refractivity contribution in [1.29, 1.82) is 0 Å². The smallest absolute Gasteiger partial charge is 0.261 e. The zero-order valence-electron chi connectivity index (χ0n) is 9.10. The van der Waals surface area contributed by atoms with Gasteiger partial charge in [0.05, 0.1) is 11.4 Å². The second-order valence-electron chi connectivity index (χ2n) is 3.67. The van der Waals surface area contributed by atoms with E-state index in [1.165, 1.54) is 9.40 Å². The summed E-state index contributed by atoms with van der Waals surface area (Å²) in [6.45, 7) is 0.584. The van der Waals surface area contributed by atoms with Crippen molar-refractivity contribution >= 4 is 65.2 Å². The number of amides is 1. The Labute approximate surface area is 124 Å². The zero-order valence-corrected chi connectivity index (χ0v) is 13.1. The van der Waals surface area contributed by atoms with Crippen molar-refractivity contribution in [3.63, 3.8) is 0 Å². The average Bonchev–Trinajstić information content (AvgIpc) is 3.00. The molecule has 0 atom stereocenters. The third kappa shape index (κ3) is 2.51. The third-order valence-corrected chi connectivity index (χ3v) is 6.20. The van der Waals surface area contributed by atoms with Gasteiger partial charge < -0.3 is 5.32 Å². The molecule has 1 amide bonds. The van der Waals surface area contributed by atoms with Crippen LogP contribution in [0.4, 0.5) is 0 Å². The Bertz CT molecular complexity index is 668. The number of hydrogen-bond donors (Lipinski definition) is 1. The number of carbonyl (C=O) groups is 1. The fourth-order valence-electron chi connectivity index (χ4n) is 1.58. The molecule has 3 heterocycles. The van der Waals surface area contributed by atoms with Gasteiger partial charge in [0.1, 0.15) is 0 Å². The lowest BCUT2D eigenvalue weighted by Crippen LogP contribution is -2.21. The molecule has 6 heteroatoms. The van der Waals surface area contributed by atoms with Crippen molar-refractivity contribution in [2.24, 2.45) is 0 Å². The van der Waals surface area contributed by atoms with E-state index in [1.54, 1.807) is 34.0 Å². The molecule has 3 rings (SSSR count).